The van der Waals surface area contributed by atoms with Crippen LogP contribution in [0, 0.1) is 17.2 Å². The second-order valence-corrected chi connectivity index (χ2v) is 7.81. The van der Waals surface area contributed by atoms with Crippen molar-refractivity contribution in [2.24, 2.45) is 5.92 Å². The lowest BCUT2D eigenvalue weighted by Crippen LogP contribution is -2.31. The molecule has 0 saturated carbocycles. The first-order valence-corrected chi connectivity index (χ1v) is 8.27. The maximum Gasteiger partial charge on any atom is 0.228 e. The molecule has 5 nitrogen and oxygen atoms in total. The molecule has 22 heavy (non-hydrogen) atoms. The van der Waals surface area contributed by atoms with Crippen LogP contribution in [-0.2, 0) is 15.1 Å². The van der Waals surface area contributed by atoms with E-state index in [4.69, 9.17) is 5.26 Å². The average molecular weight is 319 g/mol. The third-order valence-electron chi connectivity index (χ3n) is 3.66. The van der Waals surface area contributed by atoms with Crippen molar-refractivity contribution in [1.82, 2.24) is 4.57 Å². The molecule has 1 aromatic heterocycles. The number of anilines is 1. The molecule has 2 heterocycles. The molecule has 0 N–H and O–H groups in total. The minimum atomic E-state index is -0.211. The molecule has 1 atom stereocenters. The predicted molar refractivity (Wildman–Crippen MR) is 87.7 cm³/mol. The fourth-order valence-electron chi connectivity index (χ4n) is 2.61. The van der Waals surface area contributed by atoms with E-state index in [0.29, 0.717) is 24.3 Å². The van der Waals surface area contributed by atoms with E-state index in [1.807, 2.05) is 25.3 Å². The lowest BCUT2D eigenvalue weighted by atomic mass is 10.1. The highest BCUT2D eigenvalue weighted by molar-refractivity contribution is 8.13. The second kappa shape index (κ2) is 6.17. The largest absolute Gasteiger partial charge is 0.328 e. The number of carbonyl (C=O) groups is 2. The van der Waals surface area contributed by atoms with Crippen LogP contribution >= 0.6 is 11.8 Å². The molecule has 0 aromatic carbocycles. The molecule has 1 aliphatic heterocycles. The van der Waals surface area contributed by atoms with Crippen molar-refractivity contribution >= 4 is 28.6 Å². The Morgan fingerprint density at radius 1 is 1.50 bits per heavy atom. The van der Waals surface area contributed by atoms with Gasteiger partial charge in [0.25, 0.3) is 0 Å². The summed E-state index contributed by atoms with van der Waals surface area (Å²) in [6.45, 7) is 8.27. The van der Waals surface area contributed by atoms with Gasteiger partial charge >= 0.3 is 0 Å². The van der Waals surface area contributed by atoms with Crippen molar-refractivity contribution in [2.75, 3.05) is 17.2 Å². The summed E-state index contributed by atoms with van der Waals surface area (Å²) in [5.41, 5.74) is 0.344. The first-order valence-electron chi connectivity index (χ1n) is 7.29. The highest BCUT2D eigenvalue weighted by Gasteiger charge is 2.34. The Morgan fingerprint density at radius 2 is 2.18 bits per heavy atom. The van der Waals surface area contributed by atoms with Crippen LogP contribution in [0.4, 0.5) is 5.82 Å². The van der Waals surface area contributed by atoms with Gasteiger partial charge in [-0.05, 0) is 32.8 Å². The zero-order valence-corrected chi connectivity index (χ0v) is 14.2. The maximum absolute atomic E-state index is 12.3. The van der Waals surface area contributed by atoms with E-state index in [1.165, 1.54) is 11.8 Å². The Kier molecular flexibility index (Phi) is 4.66. The maximum atomic E-state index is 12.3. The van der Waals surface area contributed by atoms with Crippen molar-refractivity contribution in [3.8, 4) is 6.07 Å². The van der Waals surface area contributed by atoms with E-state index < -0.39 is 0 Å². The molecule has 1 fully saturated rings. The molecule has 0 spiro atoms. The molecule has 1 aromatic rings. The van der Waals surface area contributed by atoms with E-state index in [0.717, 1.165) is 5.82 Å². The Labute approximate surface area is 135 Å². The summed E-state index contributed by atoms with van der Waals surface area (Å²) in [6, 6.07) is 3.91. The Hall–Kier alpha value is -1.74. The molecular weight excluding hydrogens is 298 g/mol. The van der Waals surface area contributed by atoms with Crippen LogP contribution in [0.2, 0.25) is 0 Å². The van der Waals surface area contributed by atoms with Gasteiger partial charge in [-0.25, -0.2) is 0 Å². The van der Waals surface area contributed by atoms with E-state index in [1.54, 1.807) is 24.1 Å². The van der Waals surface area contributed by atoms with Gasteiger partial charge in [-0.1, -0.05) is 11.8 Å². The Bertz CT molecular complexity index is 637. The number of hydrogen-bond donors (Lipinski definition) is 0. The van der Waals surface area contributed by atoms with Crippen molar-refractivity contribution < 1.29 is 9.59 Å². The SMILES string of the molecule is CC(=O)SCC1CC(=O)N(c2cc(C#N)cn2C(C)(C)C)C1. The van der Waals surface area contributed by atoms with E-state index in [-0.39, 0.29) is 22.5 Å². The molecule has 0 radical (unpaired) electrons. The molecule has 6 heteroatoms. The molecule has 0 aliphatic carbocycles. The molecule has 1 amide bonds. The molecule has 1 aliphatic rings. The lowest BCUT2D eigenvalue weighted by molar-refractivity contribution is -0.117. The van der Waals surface area contributed by atoms with Gasteiger partial charge in [-0.15, -0.1) is 0 Å². The topological polar surface area (TPSA) is 66.1 Å². The fourth-order valence-corrected chi connectivity index (χ4v) is 3.30. The van der Waals surface area contributed by atoms with Crippen molar-refractivity contribution in [2.45, 2.75) is 39.7 Å². The number of carbonyl (C=O) groups excluding carboxylic acids is 2. The van der Waals surface area contributed by atoms with E-state index >= 15 is 0 Å². The number of nitriles is 1. The fraction of sp³-hybridized carbons (Fsp3) is 0.562. The van der Waals surface area contributed by atoms with Crippen molar-refractivity contribution in [3.05, 3.63) is 17.8 Å². The molecule has 1 saturated heterocycles. The van der Waals surface area contributed by atoms with Crippen LogP contribution in [0.1, 0.15) is 39.7 Å². The minimum Gasteiger partial charge on any atom is -0.328 e. The Morgan fingerprint density at radius 3 is 2.73 bits per heavy atom. The van der Waals surface area contributed by atoms with Gasteiger partial charge in [-0.3, -0.25) is 14.5 Å². The quantitative estimate of drug-likeness (QED) is 0.859. The summed E-state index contributed by atoms with van der Waals surface area (Å²) in [6.07, 6.45) is 2.25. The van der Waals surface area contributed by atoms with Gasteiger partial charge in [-0.2, -0.15) is 5.26 Å². The number of rotatable bonds is 3. The van der Waals surface area contributed by atoms with Gasteiger partial charge < -0.3 is 4.57 Å². The zero-order valence-electron chi connectivity index (χ0n) is 13.4. The first kappa shape index (κ1) is 16.6. The molecule has 2 rings (SSSR count). The number of nitrogens with zero attached hydrogens (tertiary/aromatic N) is 3. The van der Waals surface area contributed by atoms with E-state index in [9.17, 15) is 9.59 Å². The highest BCUT2D eigenvalue weighted by Crippen LogP contribution is 2.32. The zero-order chi connectivity index (χ0) is 16.5. The molecule has 0 bridgehead atoms. The monoisotopic (exact) mass is 319 g/mol. The van der Waals surface area contributed by atoms with Gasteiger partial charge in [0.2, 0.25) is 5.91 Å². The van der Waals surface area contributed by atoms with Crippen LogP contribution < -0.4 is 4.90 Å². The van der Waals surface area contributed by atoms with Crippen LogP contribution in [0.3, 0.4) is 0 Å². The van der Waals surface area contributed by atoms with E-state index in [2.05, 4.69) is 6.07 Å². The number of thioether (sulfide) groups is 1. The summed E-state index contributed by atoms with van der Waals surface area (Å²) in [4.78, 5) is 25.2. The second-order valence-electron chi connectivity index (χ2n) is 6.62. The Balaban J connectivity index is 2.25. The van der Waals surface area contributed by atoms with Gasteiger partial charge in [0.15, 0.2) is 5.12 Å². The summed E-state index contributed by atoms with van der Waals surface area (Å²) < 4.78 is 1.98. The summed E-state index contributed by atoms with van der Waals surface area (Å²) in [7, 11) is 0. The molecular formula is C16H21N3O2S. The number of amides is 1. The average Bonchev–Trinajstić information content (AvgIpc) is 2.98. The standard InChI is InChI=1S/C16H21N3O2S/c1-11(20)22-10-13-6-15(21)18(8-13)14-5-12(7-17)9-19(14)16(2,3)4/h5,9,13H,6,8,10H2,1-4H3. The molecule has 1 unspecified atom stereocenters. The lowest BCUT2D eigenvalue weighted by Gasteiger charge is -2.28. The van der Waals surface area contributed by atoms with Crippen LogP contribution in [0.25, 0.3) is 0 Å². The summed E-state index contributed by atoms with van der Waals surface area (Å²) in [5, 5.41) is 9.22. The number of hydrogen-bond acceptors (Lipinski definition) is 4. The number of aromatic nitrogens is 1. The summed E-state index contributed by atoms with van der Waals surface area (Å²) >= 11 is 1.27. The minimum absolute atomic E-state index is 0.0576. The summed E-state index contributed by atoms with van der Waals surface area (Å²) in [5.74, 6) is 1.67. The van der Waals surface area contributed by atoms with Gasteiger partial charge in [0.05, 0.1) is 5.56 Å². The highest BCUT2D eigenvalue weighted by atomic mass is 32.2. The third-order valence-corrected chi connectivity index (χ3v) is 4.70. The van der Waals surface area contributed by atoms with Gasteiger partial charge in [0, 0.05) is 37.4 Å². The van der Waals surface area contributed by atoms with Crippen LogP contribution in [0.5, 0.6) is 0 Å². The van der Waals surface area contributed by atoms with Crippen LogP contribution in [0.15, 0.2) is 12.3 Å². The normalized spacial score (nSPS) is 18.6. The van der Waals surface area contributed by atoms with Gasteiger partial charge in [0.1, 0.15) is 11.9 Å². The smallest absolute Gasteiger partial charge is 0.228 e. The van der Waals surface area contributed by atoms with Crippen LogP contribution in [-0.4, -0.2) is 27.9 Å². The third kappa shape index (κ3) is 3.53. The van der Waals surface area contributed by atoms with Crippen molar-refractivity contribution in [3.63, 3.8) is 0 Å². The molecule has 118 valence electrons. The predicted octanol–water partition coefficient (Wildman–Crippen LogP) is 2.75. The van der Waals surface area contributed by atoms with Crippen molar-refractivity contribution in [1.29, 1.82) is 5.26 Å². The first-order chi connectivity index (χ1) is 10.2.